The summed E-state index contributed by atoms with van der Waals surface area (Å²) in [7, 11) is 0. The van der Waals surface area contributed by atoms with Crippen molar-refractivity contribution in [1.82, 2.24) is 5.32 Å². The van der Waals surface area contributed by atoms with Crippen LogP contribution in [-0.4, -0.2) is 36.4 Å². The topological polar surface area (TPSA) is 58.6 Å². The molecule has 0 aromatic heterocycles. The molecule has 1 amide bonds. The fourth-order valence-electron chi connectivity index (χ4n) is 3.29. The number of carbonyl (C=O) groups is 1. The second-order valence-corrected chi connectivity index (χ2v) is 6.61. The van der Waals surface area contributed by atoms with E-state index in [0.717, 1.165) is 12.0 Å². The highest BCUT2D eigenvalue weighted by Crippen LogP contribution is 2.24. The van der Waals surface area contributed by atoms with Crippen LogP contribution in [0.25, 0.3) is 0 Å². The van der Waals surface area contributed by atoms with Crippen LogP contribution in [0.4, 0.5) is 0 Å². The highest BCUT2D eigenvalue weighted by atomic mass is 16.5. The van der Waals surface area contributed by atoms with Crippen molar-refractivity contribution in [2.75, 3.05) is 13.2 Å². The van der Waals surface area contributed by atoms with Gasteiger partial charge in [0.15, 0.2) is 0 Å². The molecule has 3 rings (SSSR count). The smallest absolute Gasteiger partial charge is 0.221 e. The minimum atomic E-state index is -0.526. The Hall–Kier alpha value is -2.17. The summed E-state index contributed by atoms with van der Waals surface area (Å²) in [6.07, 6.45) is 1.24. The molecular formula is C21H25NO3. The second kappa shape index (κ2) is 8.79. The number of hydrogen-bond donors (Lipinski definition) is 2. The Kier molecular flexibility index (Phi) is 6.20. The van der Waals surface area contributed by atoms with Crippen LogP contribution >= 0.6 is 0 Å². The summed E-state index contributed by atoms with van der Waals surface area (Å²) in [5.74, 6) is 0.0598. The summed E-state index contributed by atoms with van der Waals surface area (Å²) < 4.78 is 5.36. The van der Waals surface area contributed by atoms with E-state index in [4.69, 9.17) is 4.74 Å². The molecule has 2 aromatic carbocycles. The first-order chi connectivity index (χ1) is 12.2. The van der Waals surface area contributed by atoms with Gasteiger partial charge in [0.1, 0.15) is 0 Å². The van der Waals surface area contributed by atoms with Crippen LogP contribution in [0.2, 0.25) is 0 Å². The third-order valence-corrected chi connectivity index (χ3v) is 4.69. The van der Waals surface area contributed by atoms with Crippen molar-refractivity contribution in [3.05, 3.63) is 71.8 Å². The molecule has 4 heteroatoms. The van der Waals surface area contributed by atoms with E-state index in [0.29, 0.717) is 26.1 Å². The van der Waals surface area contributed by atoms with E-state index in [9.17, 15) is 9.90 Å². The van der Waals surface area contributed by atoms with Crippen molar-refractivity contribution in [3.8, 4) is 0 Å². The minimum Gasteiger partial charge on any atom is -0.391 e. The first-order valence-electron chi connectivity index (χ1n) is 8.86. The molecular weight excluding hydrogens is 314 g/mol. The lowest BCUT2D eigenvalue weighted by atomic mass is 9.89. The number of amides is 1. The fourth-order valence-corrected chi connectivity index (χ4v) is 3.29. The van der Waals surface area contributed by atoms with Crippen LogP contribution in [0.5, 0.6) is 0 Å². The number of ether oxygens (including phenoxy) is 1. The molecule has 2 aromatic rings. The van der Waals surface area contributed by atoms with Crippen molar-refractivity contribution in [3.63, 3.8) is 0 Å². The molecule has 1 aliphatic rings. The van der Waals surface area contributed by atoms with Crippen molar-refractivity contribution in [2.45, 2.75) is 37.3 Å². The third kappa shape index (κ3) is 5.15. The minimum absolute atomic E-state index is 0.0423. The normalized spacial score (nSPS) is 21.5. The molecule has 0 aliphatic carbocycles. The summed E-state index contributed by atoms with van der Waals surface area (Å²) in [4.78, 5) is 12.6. The van der Waals surface area contributed by atoms with Gasteiger partial charge >= 0.3 is 0 Å². The monoisotopic (exact) mass is 339 g/mol. The van der Waals surface area contributed by atoms with Gasteiger partial charge < -0.3 is 15.2 Å². The summed E-state index contributed by atoms with van der Waals surface area (Å²) in [5, 5.41) is 13.0. The number of hydrogen-bond acceptors (Lipinski definition) is 3. The van der Waals surface area contributed by atoms with Gasteiger partial charge in [0, 0.05) is 13.0 Å². The fraction of sp³-hybridized carbons (Fsp3) is 0.381. The molecule has 25 heavy (non-hydrogen) atoms. The van der Waals surface area contributed by atoms with Crippen LogP contribution < -0.4 is 5.32 Å². The Labute approximate surface area is 148 Å². The lowest BCUT2D eigenvalue weighted by Gasteiger charge is -2.29. The maximum atomic E-state index is 12.6. The van der Waals surface area contributed by atoms with E-state index < -0.39 is 6.10 Å². The Bertz CT molecular complexity index is 659. The molecule has 1 aliphatic heterocycles. The predicted molar refractivity (Wildman–Crippen MR) is 97.3 cm³/mol. The number of nitrogens with one attached hydrogen (secondary N) is 1. The van der Waals surface area contributed by atoms with Gasteiger partial charge in [-0.1, -0.05) is 60.7 Å². The van der Waals surface area contributed by atoms with Crippen molar-refractivity contribution in [1.29, 1.82) is 0 Å². The number of benzene rings is 2. The summed E-state index contributed by atoms with van der Waals surface area (Å²) in [5.41, 5.74) is 2.37. The van der Waals surface area contributed by atoms with Crippen LogP contribution in [-0.2, 0) is 16.0 Å². The third-order valence-electron chi connectivity index (χ3n) is 4.69. The summed E-state index contributed by atoms with van der Waals surface area (Å²) >= 11 is 0. The molecule has 1 fully saturated rings. The lowest BCUT2D eigenvalue weighted by Crippen LogP contribution is -2.49. The molecule has 1 heterocycles. The van der Waals surface area contributed by atoms with Crippen LogP contribution in [0.1, 0.15) is 29.9 Å². The molecule has 0 radical (unpaired) electrons. The quantitative estimate of drug-likeness (QED) is 0.851. The van der Waals surface area contributed by atoms with Crippen LogP contribution in [0, 0.1) is 0 Å². The van der Waals surface area contributed by atoms with Gasteiger partial charge in [-0.15, -0.1) is 0 Å². The number of aliphatic hydroxyl groups excluding tert-OH is 1. The van der Waals surface area contributed by atoms with Crippen LogP contribution in [0.3, 0.4) is 0 Å². The number of carbonyl (C=O) groups excluding carboxylic acids is 1. The maximum absolute atomic E-state index is 12.6. The largest absolute Gasteiger partial charge is 0.391 e. The molecule has 0 spiro atoms. The van der Waals surface area contributed by atoms with Gasteiger partial charge in [-0.25, -0.2) is 0 Å². The molecule has 3 atom stereocenters. The summed E-state index contributed by atoms with van der Waals surface area (Å²) in [6, 6.07) is 20.0. The average molecular weight is 339 g/mol. The highest BCUT2D eigenvalue weighted by Gasteiger charge is 2.26. The first kappa shape index (κ1) is 17.6. The zero-order valence-corrected chi connectivity index (χ0v) is 14.3. The Morgan fingerprint density at radius 3 is 2.48 bits per heavy atom. The highest BCUT2D eigenvalue weighted by molar-refractivity contribution is 5.77. The van der Waals surface area contributed by atoms with Gasteiger partial charge in [-0.3, -0.25) is 4.79 Å². The van der Waals surface area contributed by atoms with Crippen LogP contribution in [0.15, 0.2) is 60.7 Å². The van der Waals surface area contributed by atoms with Gasteiger partial charge in [0.05, 0.1) is 18.8 Å². The van der Waals surface area contributed by atoms with E-state index in [1.165, 1.54) is 5.56 Å². The van der Waals surface area contributed by atoms with E-state index >= 15 is 0 Å². The van der Waals surface area contributed by atoms with Gasteiger partial charge in [0.2, 0.25) is 5.91 Å². The Morgan fingerprint density at radius 2 is 1.80 bits per heavy atom. The zero-order valence-electron chi connectivity index (χ0n) is 14.3. The average Bonchev–Trinajstić information content (AvgIpc) is 2.65. The molecule has 0 saturated carbocycles. The van der Waals surface area contributed by atoms with Gasteiger partial charge in [-0.2, -0.15) is 0 Å². The van der Waals surface area contributed by atoms with E-state index in [2.05, 4.69) is 29.6 Å². The van der Waals surface area contributed by atoms with Crippen molar-refractivity contribution in [2.24, 2.45) is 0 Å². The van der Waals surface area contributed by atoms with E-state index in [1.54, 1.807) is 0 Å². The molecule has 2 N–H and O–H groups in total. The SMILES string of the molecule is O=C(CC(Cc1ccccc1)c1ccccc1)N[C@@H]1COCC[C@H]1O. The Morgan fingerprint density at radius 1 is 1.12 bits per heavy atom. The van der Waals surface area contributed by atoms with E-state index in [1.807, 2.05) is 36.4 Å². The van der Waals surface area contributed by atoms with Crippen molar-refractivity contribution < 1.29 is 14.6 Å². The molecule has 0 bridgehead atoms. The zero-order chi connectivity index (χ0) is 17.5. The maximum Gasteiger partial charge on any atom is 0.221 e. The second-order valence-electron chi connectivity index (χ2n) is 6.61. The molecule has 132 valence electrons. The molecule has 4 nitrogen and oxygen atoms in total. The van der Waals surface area contributed by atoms with E-state index in [-0.39, 0.29) is 17.9 Å². The summed E-state index contributed by atoms with van der Waals surface area (Å²) in [6.45, 7) is 0.926. The number of aliphatic hydroxyl groups is 1. The molecule has 1 saturated heterocycles. The first-order valence-corrected chi connectivity index (χ1v) is 8.86. The van der Waals surface area contributed by atoms with Gasteiger partial charge in [0.25, 0.3) is 0 Å². The number of rotatable bonds is 6. The Balaban J connectivity index is 1.67. The lowest BCUT2D eigenvalue weighted by molar-refractivity contribution is -0.125. The predicted octanol–water partition coefficient (Wildman–Crippen LogP) is 2.67. The van der Waals surface area contributed by atoms with Crippen molar-refractivity contribution >= 4 is 5.91 Å². The molecule has 1 unspecified atom stereocenters. The van der Waals surface area contributed by atoms with Gasteiger partial charge in [-0.05, 0) is 29.9 Å². The standard InChI is InChI=1S/C21H25NO3/c23-20-11-12-25-15-19(20)22-21(24)14-18(17-9-5-2-6-10-17)13-16-7-3-1-4-8-16/h1-10,18-20,23H,11-15H2,(H,22,24)/t18?,19-,20-/m1/s1.